The average molecular weight is 329 g/mol. The van der Waals surface area contributed by atoms with E-state index in [4.69, 9.17) is 8.83 Å². The molecule has 24 heavy (non-hydrogen) atoms. The summed E-state index contributed by atoms with van der Waals surface area (Å²) in [5.74, 6) is 5.54. The van der Waals surface area contributed by atoms with Gasteiger partial charge in [0.15, 0.2) is 0 Å². The monoisotopic (exact) mass is 329 g/mol. The van der Waals surface area contributed by atoms with Crippen molar-refractivity contribution in [1.82, 2.24) is 14.8 Å². The van der Waals surface area contributed by atoms with Crippen molar-refractivity contribution < 1.29 is 8.83 Å². The van der Waals surface area contributed by atoms with Crippen LogP contribution in [0.2, 0.25) is 0 Å². The van der Waals surface area contributed by atoms with Crippen molar-refractivity contribution in [3.8, 4) is 0 Å². The van der Waals surface area contributed by atoms with E-state index in [9.17, 15) is 0 Å². The van der Waals surface area contributed by atoms with E-state index < -0.39 is 0 Å². The van der Waals surface area contributed by atoms with Gasteiger partial charge in [0.05, 0.1) is 18.8 Å². The van der Waals surface area contributed by atoms with Crippen molar-refractivity contribution in [2.75, 3.05) is 26.2 Å². The van der Waals surface area contributed by atoms with Crippen LogP contribution in [0.3, 0.4) is 0 Å². The Morgan fingerprint density at radius 3 is 2.29 bits per heavy atom. The predicted octanol–water partition coefficient (Wildman–Crippen LogP) is 3.33. The van der Waals surface area contributed by atoms with Gasteiger partial charge in [0.2, 0.25) is 5.89 Å². The van der Waals surface area contributed by atoms with Crippen LogP contribution >= 0.6 is 0 Å². The van der Waals surface area contributed by atoms with Crippen LogP contribution in [-0.2, 0) is 13.1 Å². The summed E-state index contributed by atoms with van der Waals surface area (Å²) in [7, 11) is 0. The van der Waals surface area contributed by atoms with E-state index in [0.717, 1.165) is 68.3 Å². The largest absolute Gasteiger partial charge is 0.464 e. The highest BCUT2D eigenvalue weighted by Gasteiger charge is 2.36. The number of rotatable bonds is 5. The molecule has 3 heterocycles. The third-order valence-electron chi connectivity index (χ3n) is 5.43. The van der Waals surface area contributed by atoms with Gasteiger partial charge in [-0.2, -0.15) is 0 Å². The fraction of sp³-hybridized carbons (Fsp3) is 0.632. The van der Waals surface area contributed by atoms with Crippen LogP contribution in [0.4, 0.5) is 0 Å². The second-order valence-electron chi connectivity index (χ2n) is 7.43. The van der Waals surface area contributed by atoms with E-state index in [2.05, 4.69) is 33.8 Å². The first kappa shape index (κ1) is 15.9. The molecular formula is C19H27N3O2. The minimum absolute atomic E-state index is 0.670. The molecule has 0 radical (unpaired) electrons. The number of oxazole rings is 1. The van der Waals surface area contributed by atoms with Gasteiger partial charge in [-0.15, -0.1) is 0 Å². The Hall–Kier alpha value is -1.59. The van der Waals surface area contributed by atoms with Crippen molar-refractivity contribution in [3.05, 3.63) is 41.0 Å². The molecule has 1 saturated heterocycles. The lowest BCUT2D eigenvalue weighted by Gasteiger charge is -2.33. The third kappa shape index (κ3) is 3.42. The van der Waals surface area contributed by atoms with Gasteiger partial charge >= 0.3 is 0 Å². The first-order chi connectivity index (χ1) is 11.6. The second kappa shape index (κ2) is 6.37. The van der Waals surface area contributed by atoms with E-state index >= 15 is 0 Å². The minimum Gasteiger partial charge on any atom is -0.464 e. The molecule has 1 aliphatic carbocycles. The predicted molar refractivity (Wildman–Crippen MR) is 91.8 cm³/mol. The zero-order chi connectivity index (χ0) is 16.7. The maximum Gasteiger partial charge on any atom is 0.208 e. The Morgan fingerprint density at radius 1 is 1.04 bits per heavy atom. The number of piperazine rings is 1. The molecule has 4 rings (SSSR count). The van der Waals surface area contributed by atoms with Crippen LogP contribution < -0.4 is 0 Å². The average Bonchev–Trinajstić information content (AvgIpc) is 2.97. The van der Waals surface area contributed by atoms with Crippen molar-refractivity contribution in [1.29, 1.82) is 0 Å². The molecule has 0 N–H and O–H groups in total. The number of aromatic nitrogens is 1. The molecule has 1 saturated carbocycles. The highest BCUT2D eigenvalue weighted by Crippen LogP contribution is 2.47. The van der Waals surface area contributed by atoms with Crippen LogP contribution in [0, 0.1) is 19.8 Å². The summed E-state index contributed by atoms with van der Waals surface area (Å²) in [4.78, 5) is 9.38. The standard InChI is InChI=1S/C19H27N3O2/c1-13-10-17(13)18-5-4-16(24-18)11-21-6-8-22(9-7-21)12-19-20-14(2)15(3)23-19/h4-5,13,17H,6-12H2,1-3H3/t13-,17+/m0/s1. The van der Waals surface area contributed by atoms with Gasteiger partial charge in [-0.05, 0) is 38.3 Å². The first-order valence-corrected chi connectivity index (χ1v) is 9.04. The third-order valence-corrected chi connectivity index (χ3v) is 5.43. The van der Waals surface area contributed by atoms with Crippen molar-refractivity contribution in [2.24, 2.45) is 5.92 Å². The van der Waals surface area contributed by atoms with Crippen LogP contribution in [0.25, 0.3) is 0 Å². The molecule has 2 aliphatic rings. The number of aryl methyl sites for hydroxylation is 2. The van der Waals surface area contributed by atoms with E-state index in [1.165, 1.54) is 12.2 Å². The van der Waals surface area contributed by atoms with Crippen LogP contribution in [0.5, 0.6) is 0 Å². The van der Waals surface area contributed by atoms with Gasteiger partial charge in [0.25, 0.3) is 0 Å². The minimum atomic E-state index is 0.670. The molecule has 0 unspecified atom stereocenters. The van der Waals surface area contributed by atoms with Gasteiger partial charge in [-0.1, -0.05) is 6.92 Å². The maximum absolute atomic E-state index is 6.04. The molecular weight excluding hydrogens is 302 g/mol. The number of hydrogen-bond acceptors (Lipinski definition) is 5. The zero-order valence-electron chi connectivity index (χ0n) is 14.9. The van der Waals surface area contributed by atoms with Crippen molar-refractivity contribution >= 4 is 0 Å². The Balaban J connectivity index is 1.26. The molecule has 0 amide bonds. The Kier molecular flexibility index (Phi) is 4.22. The van der Waals surface area contributed by atoms with Crippen LogP contribution in [0.15, 0.2) is 21.0 Å². The molecule has 5 heteroatoms. The summed E-state index contributed by atoms with van der Waals surface area (Å²) >= 11 is 0. The molecule has 2 atom stereocenters. The second-order valence-corrected chi connectivity index (χ2v) is 7.43. The molecule has 1 aliphatic heterocycles. The zero-order valence-corrected chi connectivity index (χ0v) is 14.9. The van der Waals surface area contributed by atoms with Gasteiger partial charge in [-0.25, -0.2) is 4.98 Å². The van der Waals surface area contributed by atoms with Crippen molar-refractivity contribution in [2.45, 2.75) is 46.2 Å². The summed E-state index contributed by atoms with van der Waals surface area (Å²) in [6.45, 7) is 12.2. The Labute approximate surface area is 143 Å². The molecule has 0 bridgehead atoms. The van der Waals surface area contributed by atoms with E-state index in [1.807, 2.05) is 13.8 Å². The fourth-order valence-electron chi connectivity index (χ4n) is 3.52. The number of furan rings is 1. The summed E-state index contributed by atoms with van der Waals surface area (Å²) in [5.41, 5.74) is 1.00. The van der Waals surface area contributed by atoms with E-state index in [0.29, 0.717) is 5.92 Å². The lowest BCUT2D eigenvalue weighted by Crippen LogP contribution is -2.45. The summed E-state index contributed by atoms with van der Waals surface area (Å²) < 4.78 is 11.7. The smallest absolute Gasteiger partial charge is 0.208 e. The highest BCUT2D eigenvalue weighted by molar-refractivity contribution is 5.17. The molecule has 2 fully saturated rings. The Morgan fingerprint density at radius 2 is 1.71 bits per heavy atom. The van der Waals surface area contributed by atoms with Gasteiger partial charge in [0.1, 0.15) is 17.3 Å². The lowest BCUT2D eigenvalue weighted by molar-refractivity contribution is 0.108. The maximum atomic E-state index is 6.04. The van der Waals surface area contributed by atoms with Gasteiger partial charge in [0, 0.05) is 32.1 Å². The quantitative estimate of drug-likeness (QED) is 0.842. The lowest BCUT2D eigenvalue weighted by atomic mass is 10.2. The summed E-state index contributed by atoms with van der Waals surface area (Å²) in [5, 5.41) is 0. The number of nitrogens with zero attached hydrogens (tertiary/aromatic N) is 3. The van der Waals surface area contributed by atoms with Crippen molar-refractivity contribution in [3.63, 3.8) is 0 Å². The molecule has 0 spiro atoms. The molecule has 5 nitrogen and oxygen atoms in total. The van der Waals surface area contributed by atoms with Crippen LogP contribution in [0.1, 0.15) is 48.1 Å². The highest BCUT2D eigenvalue weighted by atomic mass is 16.4. The molecule has 2 aromatic rings. The normalized spacial score (nSPS) is 25.3. The van der Waals surface area contributed by atoms with Gasteiger partial charge < -0.3 is 8.83 Å². The van der Waals surface area contributed by atoms with E-state index in [-0.39, 0.29) is 0 Å². The SMILES string of the molecule is Cc1nc(CN2CCN(Cc3ccc([C@@H]4C[C@@H]4C)o3)CC2)oc1C. The first-order valence-electron chi connectivity index (χ1n) is 9.04. The molecule has 0 aromatic carbocycles. The summed E-state index contributed by atoms with van der Waals surface area (Å²) in [6, 6.07) is 4.33. The Bertz CT molecular complexity index is 678. The van der Waals surface area contributed by atoms with Crippen LogP contribution in [-0.4, -0.2) is 41.0 Å². The molecule has 130 valence electrons. The van der Waals surface area contributed by atoms with E-state index in [1.54, 1.807) is 0 Å². The van der Waals surface area contributed by atoms with Gasteiger partial charge in [-0.3, -0.25) is 9.80 Å². The molecule has 2 aromatic heterocycles. The fourth-order valence-corrected chi connectivity index (χ4v) is 3.52. The topological polar surface area (TPSA) is 45.7 Å². The number of hydrogen-bond donors (Lipinski definition) is 0. The summed E-state index contributed by atoms with van der Waals surface area (Å²) in [6.07, 6.45) is 1.28.